The number of amidine groups is 1. The highest BCUT2D eigenvalue weighted by Crippen LogP contribution is 2.29. The van der Waals surface area contributed by atoms with Gasteiger partial charge in [-0.1, -0.05) is 31.4 Å². The number of fused-ring (bicyclic) bond motifs is 1. The van der Waals surface area contributed by atoms with E-state index in [-0.39, 0.29) is 0 Å². The van der Waals surface area contributed by atoms with E-state index in [1.165, 1.54) is 19.3 Å². The van der Waals surface area contributed by atoms with E-state index in [2.05, 4.69) is 9.71 Å². The number of hydrogen-bond acceptors (Lipinski definition) is 3. The van der Waals surface area contributed by atoms with Crippen molar-refractivity contribution < 1.29 is 8.42 Å². The van der Waals surface area contributed by atoms with Crippen molar-refractivity contribution >= 4 is 15.9 Å². The molecule has 1 aliphatic heterocycles. The van der Waals surface area contributed by atoms with Gasteiger partial charge in [-0.15, -0.1) is 0 Å². The highest BCUT2D eigenvalue weighted by atomic mass is 32.2. The van der Waals surface area contributed by atoms with Crippen LogP contribution in [0.25, 0.3) is 0 Å². The molecule has 0 spiro atoms. The first-order chi connectivity index (χ1) is 8.67. The normalized spacial score (nSPS) is 23.4. The van der Waals surface area contributed by atoms with E-state index < -0.39 is 10.0 Å². The molecule has 0 saturated heterocycles. The molecule has 0 bridgehead atoms. The number of hydrogen-bond donors (Lipinski definition) is 1. The Kier molecular flexibility index (Phi) is 2.86. The highest BCUT2D eigenvalue weighted by Gasteiger charge is 2.30. The number of rotatable bonds is 3. The quantitative estimate of drug-likeness (QED) is 0.906. The van der Waals surface area contributed by atoms with Gasteiger partial charge in [-0.3, -0.25) is 9.71 Å². The van der Waals surface area contributed by atoms with Crippen LogP contribution in [-0.4, -0.2) is 20.8 Å². The van der Waals surface area contributed by atoms with Gasteiger partial charge in [0, 0.05) is 12.1 Å². The molecule has 1 heterocycles. The first-order valence-electron chi connectivity index (χ1n) is 6.33. The van der Waals surface area contributed by atoms with Gasteiger partial charge in [-0.05, 0) is 24.5 Å². The van der Waals surface area contributed by atoms with Crippen LogP contribution in [0.4, 0.5) is 0 Å². The molecule has 0 amide bonds. The Hall–Kier alpha value is -1.36. The fourth-order valence-electron chi connectivity index (χ4n) is 2.39. The predicted molar refractivity (Wildman–Crippen MR) is 70.1 cm³/mol. The molecule has 4 nitrogen and oxygen atoms in total. The lowest BCUT2D eigenvalue weighted by Gasteiger charge is -2.24. The lowest BCUT2D eigenvalue weighted by molar-refractivity contribution is 0.300. The molecule has 96 valence electrons. The number of nitrogens with zero attached hydrogens (tertiary/aromatic N) is 1. The fraction of sp³-hybridized carbons (Fsp3) is 0.462. The van der Waals surface area contributed by atoms with Crippen molar-refractivity contribution in [3.05, 3.63) is 29.8 Å². The Balaban J connectivity index is 1.80. The Morgan fingerprint density at radius 2 is 2.06 bits per heavy atom. The van der Waals surface area contributed by atoms with Gasteiger partial charge in [-0.2, -0.15) is 0 Å². The van der Waals surface area contributed by atoms with Gasteiger partial charge in [0.15, 0.2) is 0 Å². The summed E-state index contributed by atoms with van der Waals surface area (Å²) >= 11 is 0. The molecular formula is C13H16N2O2S. The average Bonchev–Trinajstić information content (AvgIpc) is 2.55. The second-order valence-corrected chi connectivity index (χ2v) is 6.57. The molecule has 0 unspecified atom stereocenters. The van der Waals surface area contributed by atoms with Crippen molar-refractivity contribution in [3.8, 4) is 0 Å². The molecule has 1 fully saturated rings. The van der Waals surface area contributed by atoms with Crippen molar-refractivity contribution in [2.45, 2.75) is 30.6 Å². The molecule has 1 aromatic carbocycles. The van der Waals surface area contributed by atoms with Crippen molar-refractivity contribution in [2.75, 3.05) is 6.54 Å². The van der Waals surface area contributed by atoms with Crippen molar-refractivity contribution in [1.82, 2.24) is 4.72 Å². The van der Waals surface area contributed by atoms with Gasteiger partial charge in [0.2, 0.25) is 0 Å². The highest BCUT2D eigenvalue weighted by molar-refractivity contribution is 7.90. The third-order valence-electron chi connectivity index (χ3n) is 3.69. The Morgan fingerprint density at radius 3 is 2.78 bits per heavy atom. The fourth-order valence-corrected chi connectivity index (χ4v) is 3.64. The Bertz CT molecular complexity index is 589. The van der Waals surface area contributed by atoms with Gasteiger partial charge < -0.3 is 0 Å². The topological polar surface area (TPSA) is 58.5 Å². The number of sulfonamides is 1. The minimum atomic E-state index is -3.38. The zero-order chi connectivity index (χ0) is 12.6. The molecule has 1 aromatic rings. The molecule has 2 aliphatic rings. The summed E-state index contributed by atoms with van der Waals surface area (Å²) in [5.41, 5.74) is 0.700. The number of benzene rings is 1. The van der Waals surface area contributed by atoms with Crippen molar-refractivity contribution in [2.24, 2.45) is 10.9 Å². The van der Waals surface area contributed by atoms with Crippen LogP contribution in [0.3, 0.4) is 0 Å². The number of nitrogens with one attached hydrogen (secondary N) is 1. The van der Waals surface area contributed by atoms with E-state index in [0.717, 1.165) is 12.3 Å². The molecule has 18 heavy (non-hydrogen) atoms. The van der Waals surface area contributed by atoms with Gasteiger partial charge >= 0.3 is 0 Å². The summed E-state index contributed by atoms with van der Waals surface area (Å²) in [5.74, 6) is 1.30. The van der Waals surface area contributed by atoms with Gasteiger partial charge in [0.25, 0.3) is 10.0 Å². The first kappa shape index (κ1) is 11.7. The van der Waals surface area contributed by atoms with Crippen LogP contribution in [0.1, 0.15) is 31.2 Å². The molecular weight excluding hydrogens is 248 g/mol. The van der Waals surface area contributed by atoms with Gasteiger partial charge in [0.1, 0.15) is 5.84 Å². The monoisotopic (exact) mass is 264 g/mol. The SMILES string of the molecule is O=S1(=O)NC(=NCCC2CCC2)c2ccccc21. The molecule has 1 aliphatic carbocycles. The maximum atomic E-state index is 11.8. The van der Waals surface area contributed by atoms with Gasteiger partial charge in [0.05, 0.1) is 4.90 Å². The van der Waals surface area contributed by atoms with Crippen LogP contribution in [0, 0.1) is 5.92 Å². The molecule has 1 saturated carbocycles. The summed E-state index contributed by atoms with van der Waals surface area (Å²) in [6, 6.07) is 6.99. The summed E-state index contributed by atoms with van der Waals surface area (Å²) < 4.78 is 26.2. The maximum absolute atomic E-state index is 11.8. The van der Waals surface area contributed by atoms with E-state index in [1.54, 1.807) is 18.2 Å². The van der Waals surface area contributed by atoms with Gasteiger partial charge in [-0.25, -0.2) is 8.42 Å². The van der Waals surface area contributed by atoms with E-state index >= 15 is 0 Å². The minimum Gasteiger partial charge on any atom is -0.267 e. The minimum absolute atomic E-state index is 0.340. The van der Waals surface area contributed by atoms with E-state index in [4.69, 9.17) is 0 Å². The zero-order valence-electron chi connectivity index (χ0n) is 10.1. The van der Waals surface area contributed by atoms with Crippen LogP contribution in [0.5, 0.6) is 0 Å². The lowest BCUT2D eigenvalue weighted by atomic mass is 9.83. The average molecular weight is 264 g/mol. The Labute approximate surface area is 107 Å². The lowest BCUT2D eigenvalue weighted by Crippen LogP contribution is -2.22. The second-order valence-electron chi connectivity index (χ2n) is 4.92. The van der Waals surface area contributed by atoms with Crippen LogP contribution < -0.4 is 4.72 Å². The predicted octanol–water partition coefficient (Wildman–Crippen LogP) is 1.92. The molecule has 1 N–H and O–H groups in total. The molecule has 0 radical (unpaired) electrons. The van der Waals surface area contributed by atoms with Crippen molar-refractivity contribution in [1.29, 1.82) is 0 Å². The Morgan fingerprint density at radius 1 is 1.28 bits per heavy atom. The second kappa shape index (κ2) is 4.39. The summed E-state index contributed by atoms with van der Waals surface area (Å²) in [5, 5.41) is 0. The van der Waals surface area contributed by atoms with Crippen LogP contribution >= 0.6 is 0 Å². The third kappa shape index (κ3) is 2.03. The summed E-state index contributed by atoms with van der Waals surface area (Å²) in [6.45, 7) is 0.705. The third-order valence-corrected chi connectivity index (χ3v) is 5.09. The summed E-state index contributed by atoms with van der Waals surface area (Å²) in [4.78, 5) is 4.75. The van der Waals surface area contributed by atoms with E-state index in [9.17, 15) is 8.42 Å². The van der Waals surface area contributed by atoms with E-state index in [1.807, 2.05) is 6.07 Å². The summed E-state index contributed by atoms with van der Waals surface area (Å²) in [7, 11) is -3.38. The molecule has 5 heteroatoms. The standard InChI is InChI=1S/C13H16N2O2S/c16-18(17)12-7-2-1-6-11(12)13(15-18)14-9-8-10-4-3-5-10/h1-2,6-7,10H,3-5,8-9H2,(H,14,15). The smallest absolute Gasteiger partial charge is 0.263 e. The molecule has 3 rings (SSSR count). The largest absolute Gasteiger partial charge is 0.267 e. The zero-order valence-corrected chi connectivity index (χ0v) is 10.9. The molecule has 0 atom stereocenters. The molecule has 0 aromatic heterocycles. The maximum Gasteiger partial charge on any atom is 0.263 e. The summed E-state index contributed by atoms with van der Waals surface area (Å²) in [6.07, 6.45) is 4.99. The van der Waals surface area contributed by atoms with Crippen LogP contribution in [0.15, 0.2) is 34.2 Å². The van der Waals surface area contributed by atoms with Crippen molar-refractivity contribution in [3.63, 3.8) is 0 Å². The van der Waals surface area contributed by atoms with E-state index in [0.29, 0.717) is 22.8 Å². The van der Waals surface area contributed by atoms with Crippen LogP contribution in [0.2, 0.25) is 0 Å². The number of aliphatic imine (C=N–C) groups is 1. The van der Waals surface area contributed by atoms with Crippen LogP contribution in [-0.2, 0) is 10.0 Å². The first-order valence-corrected chi connectivity index (χ1v) is 7.82.